The average molecular weight is 704 g/mol. The van der Waals surface area contributed by atoms with Gasteiger partial charge in [-0.15, -0.1) is 10.2 Å². The van der Waals surface area contributed by atoms with Crippen LogP contribution in [-0.2, 0) is 19.9 Å². The molecule has 3 saturated heterocycles. The van der Waals surface area contributed by atoms with Crippen LogP contribution in [0.5, 0.6) is 11.5 Å². The van der Waals surface area contributed by atoms with Crippen molar-refractivity contribution in [1.82, 2.24) is 25.7 Å². The first kappa shape index (κ1) is 34.9. The van der Waals surface area contributed by atoms with Gasteiger partial charge in [0.2, 0.25) is 11.8 Å². The van der Waals surface area contributed by atoms with Crippen LogP contribution in [0, 0.1) is 0 Å². The predicted octanol–water partition coefficient (Wildman–Crippen LogP) is 4.50. The Kier molecular flexibility index (Phi) is 10.3. The molecular weight excluding hydrogens is 658 g/mol. The molecule has 1 aromatic heterocycles. The Hall–Kier alpha value is -5.49. The van der Waals surface area contributed by atoms with Crippen LogP contribution in [0.1, 0.15) is 62.0 Å². The number of piperidine rings is 3. The van der Waals surface area contributed by atoms with Crippen LogP contribution in [0.3, 0.4) is 0 Å². The molecule has 5 N–H and O–H groups in total. The molecule has 0 radical (unpaired) electrons. The molecule has 7 rings (SSSR count). The van der Waals surface area contributed by atoms with E-state index in [0.717, 1.165) is 37.2 Å². The zero-order valence-electron chi connectivity index (χ0n) is 29.2. The molecule has 3 amide bonds. The third-order valence-electron chi connectivity index (χ3n) is 10.7. The highest BCUT2D eigenvalue weighted by molar-refractivity contribution is 5.99. The van der Waals surface area contributed by atoms with Gasteiger partial charge in [0, 0.05) is 44.5 Å². The van der Waals surface area contributed by atoms with Crippen molar-refractivity contribution in [2.24, 2.45) is 0 Å². The Bertz CT molecular complexity index is 1890. The van der Waals surface area contributed by atoms with Gasteiger partial charge in [-0.05, 0) is 86.1 Å². The topological polar surface area (TPSA) is 163 Å². The molecule has 1 atom stereocenters. The molecule has 12 nitrogen and oxygen atoms in total. The summed E-state index contributed by atoms with van der Waals surface area (Å²) in [6.07, 6.45) is 3.83. The number of nitrogen functional groups attached to an aromatic ring is 1. The van der Waals surface area contributed by atoms with Gasteiger partial charge in [-0.25, -0.2) is 0 Å². The molecular formula is C40H45N7O5. The lowest BCUT2D eigenvalue weighted by atomic mass is 9.80. The lowest BCUT2D eigenvalue weighted by Gasteiger charge is -2.44. The zero-order chi connectivity index (χ0) is 36.1. The van der Waals surface area contributed by atoms with Crippen molar-refractivity contribution in [3.05, 3.63) is 96.1 Å². The van der Waals surface area contributed by atoms with Crippen LogP contribution in [-0.4, -0.2) is 76.8 Å². The molecule has 0 aliphatic carbocycles. The van der Waals surface area contributed by atoms with E-state index in [1.807, 2.05) is 42.5 Å². The highest BCUT2D eigenvalue weighted by Crippen LogP contribution is 2.38. The van der Waals surface area contributed by atoms with Gasteiger partial charge in [-0.3, -0.25) is 19.7 Å². The van der Waals surface area contributed by atoms with Crippen LogP contribution in [0.2, 0.25) is 0 Å². The number of nitrogens with zero attached hydrogens (tertiary/aromatic N) is 4. The summed E-state index contributed by atoms with van der Waals surface area (Å²) in [6.45, 7) is 3.83. The molecule has 3 aliphatic rings. The molecule has 3 fully saturated rings. The van der Waals surface area contributed by atoms with E-state index in [1.165, 1.54) is 5.56 Å². The number of benzene rings is 3. The molecule has 4 aromatic rings. The van der Waals surface area contributed by atoms with E-state index in [4.69, 9.17) is 10.5 Å². The van der Waals surface area contributed by atoms with Crippen molar-refractivity contribution < 1.29 is 24.2 Å². The van der Waals surface area contributed by atoms with Gasteiger partial charge in [0.25, 0.3) is 5.91 Å². The average Bonchev–Trinajstić information content (AvgIpc) is 3.17. The van der Waals surface area contributed by atoms with E-state index < -0.39 is 11.6 Å². The molecule has 52 heavy (non-hydrogen) atoms. The van der Waals surface area contributed by atoms with Gasteiger partial charge in [-0.1, -0.05) is 54.6 Å². The Balaban J connectivity index is 0.924. The lowest BCUT2D eigenvalue weighted by molar-refractivity contribution is -0.139. The highest BCUT2D eigenvalue weighted by atomic mass is 16.5. The Morgan fingerprint density at radius 2 is 1.63 bits per heavy atom. The van der Waals surface area contributed by atoms with E-state index in [9.17, 15) is 19.5 Å². The summed E-state index contributed by atoms with van der Waals surface area (Å²) in [5.74, 6) is 0.901. The van der Waals surface area contributed by atoms with Gasteiger partial charge >= 0.3 is 0 Å². The number of para-hydroxylation sites is 1. The maximum atomic E-state index is 13.6. The number of phenolic OH excluding ortho intramolecular Hbond substituents is 1. The van der Waals surface area contributed by atoms with Crippen LogP contribution in [0.4, 0.5) is 11.5 Å². The third kappa shape index (κ3) is 7.86. The van der Waals surface area contributed by atoms with Crippen molar-refractivity contribution in [3.63, 3.8) is 0 Å². The Labute approximate surface area is 303 Å². The molecule has 0 saturated carbocycles. The molecule has 12 heteroatoms. The summed E-state index contributed by atoms with van der Waals surface area (Å²) in [6, 6.07) is 27.1. The summed E-state index contributed by atoms with van der Waals surface area (Å²) in [4.78, 5) is 41.6. The fraction of sp³-hybridized carbons (Fsp3) is 0.375. The number of aromatic hydroxyl groups is 1. The van der Waals surface area contributed by atoms with E-state index in [0.29, 0.717) is 74.1 Å². The van der Waals surface area contributed by atoms with E-state index >= 15 is 0 Å². The number of anilines is 2. The smallest absolute Gasteiger partial charge is 0.267 e. The number of likely N-dealkylation sites (tertiary alicyclic amines) is 1. The number of nitrogens with one attached hydrogen (secondary N) is 2. The fourth-order valence-electron chi connectivity index (χ4n) is 7.69. The zero-order valence-corrected chi connectivity index (χ0v) is 29.2. The summed E-state index contributed by atoms with van der Waals surface area (Å²) in [5, 5.41) is 24.6. The summed E-state index contributed by atoms with van der Waals surface area (Å²) >= 11 is 0. The van der Waals surface area contributed by atoms with Crippen molar-refractivity contribution in [2.75, 3.05) is 43.4 Å². The Morgan fingerprint density at radius 1 is 0.923 bits per heavy atom. The minimum Gasteiger partial charge on any atom is -0.507 e. The van der Waals surface area contributed by atoms with Gasteiger partial charge < -0.3 is 30.7 Å². The normalized spacial score (nSPS) is 19.5. The number of carbonyl (C=O) groups is 3. The van der Waals surface area contributed by atoms with Gasteiger partial charge in [0.15, 0.2) is 11.9 Å². The maximum Gasteiger partial charge on any atom is 0.267 e. The van der Waals surface area contributed by atoms with Crippen molar-refractivity contribution in [1.29, 1.82) is 0 Å². The predicted molar refractivity (Wildman–Crippen MR) is 198 cm³/mol. The summed E-state index contributed by atoms with van der Waals surface area (Å²) in [5.41, 5.74) is 10.0. The lowest BCUT2D eigenvalue weighted by Crippen LogP contribution is -2.53. The van der Waals surface area contributed by atoms with Crippen LogP contribution in [0.25, 0.3) is 11.3 Å². The van der Waals surface area contributed by atoms with Crippen molar-refractivity contribution in [3.8, 4) is 22.8 Å². The van der Waals surface area contributed by atoms with Gasteiger partial charge in [-0.2, -0.15) is 0 Å². The second-order valence-electron chi connectivity index (χ2n) is 14.0. The third-order valence-corrected chi connectivity index (χ3v) is 10.7. The number of imide groups is 1. The Morgan fingerprint density at radius 3 is 2.35 bits per heavy atom. The number of ether oxygens (including phenoxy) is 1. The maximum absolute atomic E-state index is 13.6. The number of hydrogen-bond acceptors (Lipinski definition) is 10. The van der Waals surface area contributed by atoms with Crippen molar-refractivity contribution in [2.45, 2.75) is 62.5 Å². The second kappa shape index (κ2) is 15.4. The molecule has 1 unspecified atom stereocenters. The van der Waals surface area contributed by atoms with Crippen LogP contribution < -0.4 is 26.0 Å². The monoisotopic (exact) mass is 703 g/mol. The molecule has 0 spiro atoms. The van der Waals surface area contributed by atoms with Gasteiger partial charge in [0.1, 0.15) is 11.5 Å². The van der Waals surface area contributed by atoms with Gasteiger partial charge in [0.05, 0.1) is 16.9 Å². The number of aromatic nitrogens is 2. The van der Waals surface area contributed by atoms with Crippen LogP contribution >= 0.6 is 0 Å². The first-order valence-electron chi connectivity index (χ1n) is 18.1. The first-order chi connectivity index (χ1) is 25.3. The molecule has 270 valence electrons. The number of hydrogen-bond donors (Lipinski definition) is 4. The number of phenols is 1. The fourth-order valence-corrected chi connectivity index (χ4v) is 7.69. The number of rotatable bonds is 10. The number of carbonyl (C=O) groups excluding carboxylic acids is 3. The highest BCUT2D eigenvalue weighted by Gasteiger charge is 2.38. The van der Waals surface area contributed by atoms with E-state index in [1.54, 1.807) is 18.2 Å². The SMILES string of the molecule is Nc1nnc(-c2ccccc2O)cc1N1CCC(NC(=O)CCN2CCC(c3ccc(OC4CCC(=O)NC4=O)cc3)CC2)(c2ccccc2)CC1. The van der Waals surface area contributed by atoms with Crippen LogP contribution in [0.15, 0.2) is 84.9 Å². The molecule has 4 heterocycles. The largest absolute Gasteiger partial charge is 0.507 e. The summed E-state index contributed by atoms with van der Waals surface area (Å²) in [7, 11) is 0. The molecule has 0 bridgehead atoms. The number of amides is 3. The molecule has 3 aromatic carbocycles. The first-order valence-corrected chi connectivity index (χ1v) is 18.1. The van der Waals surface area contributed by atoms with Crippen molar-refractivity contribution >= 4 is 29.2 Å². The van der Waals surface area contributed by atoms with E-state index in [2.05, 4.69) is 54.9 Å². The number of nitrogens with two attached hydrogens (primary N) is 1. The summed E-state index contributed by atoms with van der Waals surface area (Å²) < 4.78 is 5.84. The minimum absolute atomic E-state index is 0.0398. The standard InChI is InChI=1S/C40H45N7O5/c41-38-33(26-32(44-45-38)31-8-4-5-9-34(31)48)47-24-19-40(20-25-47,29-6-2-1-3-7-29)43-37(50)18-23-46-21-16-28(17-22-46)27-10-12-30(13-11-27)52-35-14-15-36(49)42-39(35)51/h1-13,26,28,35,48H,14-25H2,(H2,41,45)(H,43,50)(H,42,49,51). The van der Waals surface area contributed by atoms with E-state index in [-0.39, 0.29) is 29.9 Å². The quantitative estimate of drug-likeness (QED) is 0.173. The minimum atomic E-state index is -0.644. The second-order valence-corrected chi connectivity index (χ2v) is 14.0. The molecule has 3 aliphatic heterocycles.